The van der Waals surface area contributed by atoms with Gasteiger partial charge < -0.3 is 35.9 Å². The molecule has 8 unspecified atom stereocenters. The van der Waals surface area contributed by atoms with Gasteiger partial charge in [-0.25, -0.2) is 4.79 Å². The number of anilines is 1. The Morgan fingerprint density at radius 1 is 1.17 bits per heavy atom. The largest absolute Gasteiger partial charge is 0.733 e. The molecule has 1 amide bonds. The number of nitrogens with zero attached hydrogens (tertiary/aromatic N) is 2. The van der Waals surface area contributed by atoms with Crippen LogP contribution in [0.25, 0.3) is 0 Å². The van der Waals surface area contributed by atoms with Crippen molar-refractivity contribution in [2.45, 2.75) is 83.5 Å². The molecule has 3 fully saturated rings. The molecule has 0 bridgehead atoms. The Labute approximate surface area is 239 Å². The van der Waals surface area contributed by atoms with E-state index in [1.807, 2.05) is 0 Å². The van der Waals surface area contributed by atoms with Gasteiger partial charge >= 0.3 is 5.97 Å². The Kier molecular flexibility index (Phi) is 8.17. The van der Waals surface area contributed by atoms with Crippen LogP contribution in [0.15, 0.2) is 41.1 Å². The molecule has 0 aliphatic heterocycles. The first-order valence-corrected chi connectivity index (χ1v) is 14.5. The van der Waals surface area contributed by atoms with Gasteiger partial charge in [0.15, 0.2) is 12.6 Å². The number of hydrogen-bond acceptors (Lipinski definition) is 9. The second-order valence-electron chi connectivity index (χ2n) is 12.7. The molecule has 11 heteroatoms. The molecule has 3 saturated carbocycles. The van der Waals surface area contributed by atoms with Crippen molar-refractivity contribution in [3.05, 3.63) is 46.7 Å². The normalized spacial score (nSPS) is 34.9. The first kappa shape index (κ1) is 29.5. The summed E-state index contributed by atoms with van der Waals surface area (Å²) in [7, 11) is 0. The molecule has 0 radical (unpaired) electrons. The van der Waals surface area contributed by atoms with E-state index in [4.69, 9.17) is 10.0 Å². The highest BCUT2D eigenvalue weighted by atomic mass is 16.8. The van der Waals surface area contributed by atoms with E-state index in [1.165, 1.54) is 23.8 Å². The fourth-order valence-corrected chi connectivity index (χ4v) is 8.30. The van der Waals surface area contributed by atoms with Crippen LogP contribution in [0.2, 0.25) is 0 Å². The lowest BCUT2D eigenvalue weighted by Crippen LogP contribution is -2.51. The number of rotatable bonds is 8. The van der Waals surface area contributed by atoms with Crippen molar-refractivity contribution < 1.29 is 35.0 Å². The average molecular weight is 571 g/mol. The number of amides is 1. The quantitative estimate of drug-likeness (QED) is 0.292. The highest BCUT2D eigenvalue weighted by Gasteiger charge is 2.58. The molecule has 41 heavy (non-hydrogen) atoms. The standard InChI is InChI=1S/C30H40N3O8/c1-29-12-10-19(15-18(29)6-7-21-22-8-9-24(34)30(22,2)13-11-23(21)29)32-41-16-25(35)31-26(28(37)38)27(36)17-4-3-5-20(14-17)33(39)40/h3-5,14-15,21-24,26-27,34,36,39H,6-13,16H2,1-2H3,(H,31,35)(H,37,38)/q-1. The number of benzene rings is 1. The third kappa shape index (κ3) is 5.48. The molecule has 5 rings (SSSR count). The minimum absolute atomic E-state index is 0.0320. The molecule has 4 aliphatic carbocycles. The fraction of sp³-hybridized carbons (Fsp3) is 0.633. The second-order valence-corrected chi connectivity index (χ2v) is 12.7. The molecule has 1 aromatic carbocycles. The van der Waals surface area contributed by atoms with Crippen molar-refractivity contribution >= 4 is 23.3 Å². The smallest absolute Gasteiger partial charge is 0.329 e. The van der Waals surface area contributed by atoms with E-state index < -0.39 is 35.9 Å². The lowest BCUT2D eigenvalue weighted by Gasteiger charge is -2.57. The van der Waals surface area contributed by atoms with Crippen LogP contribution in [-0.2, 0) is 14.4 Å². The Balaban J connectivity index is 1.19. The molecule has 1 aromatic rings. The summed E-state index contributed by atoms with van der Waals surface area (Å²) in [5, 5.41) is 57.0. The van der Waals surface area contributed by atoms with E-state index in [-0.39, 0.29) is 28.2 Å². The van der Waals surface area contributed by atoms with Gasteiger partial charge in [0.25, 0.3) is 5.91 Å². The molecule has 0 spiro atoms. The van der Waals surface area contributed by atoms with Crippen LogP contribution >= 0.6 is 0 Å². The van der Waals surface area contributed by atoms with Crippen molar-refractivity contribution in [2.24, 2.45) is 33.7 Å². The number of carbonyl (C=O) groups excluding carboxylic acids is 1. The minimum Gasteiger partial charge on any atom is -0.733 e. The lowest BCUT2D eigenvalue weighted by molar-refractivity contribution is -0.146. The first-order chi connectivity index (χ1) is 19.4. The monoisotopic (exact) mass is 570 g/mol. The number of allylic oxidation sites excluding steroid dienone is 2. The Bertz CT molecular complexity index is 1230. The third-order valence-electron chi connectivity index (χ3n) is 10.6. The molecule has 4 aliphatic rings. The van der Waals surface area contributed by atoms with Crippen molar-refractivity contribution in [1.82, 2.24) is 5.32 Å². The maximum absolute atomic E-state index is 12.5. The molecular formula is C30H40N3O8-. The van der Waals surface area contributed by atoms with Crippen LogP contribution in [0, 0.1) is 33.8 Å². The highest BCUT2D eigenvalue weighted by Crippen LogP contribution is 2.65. The van der Waals surface area contributed by atoms with E-state index in [0.29, 0.717) is 24.2 Å². The van der Waals surface area contributed by atoms with Crippen LogP contribution in [0.3, 0.4) is 0 Å². The maximum Gasteiger partial charge on any atom is 0.329 e. The molecular weight excluding hydrogens is 530 g/mol. The number of aliphatic hydroxyl groups excluding tert-OH is 2. The molecule has 224 valence electrons. The van der Waals surface area contributed by atoms with Gasteiger partial charge in [0, 0.05) is 0 Å². The summed E-state index contributed by atoms with van der Waals surface area (Å²) in [5.74, 6) is -0.447. The SMILES string of the molecule is CC12CCC(=NOCC(=O)NC(C(=O)O)C(O)c3cccc(N([O-])O)c3)C=C1CCC1C2CCC2(C)C(O)CCC12. The zero-order chi connectivity index (χ0) is 29.5. The number of oxime groups is 1. The topological polar surface area (TPSA) is 175 Å². The van der Waals surface area contributed by atoms with Crippen LogP contribution < -0.4 is 10.5 Å². The minimum atomic E-state index is -1.71. The van der Waals surface area contributed by atoms with Gasteiger partial charge in [0.2, 0.25) is 0 Å². The summed E-state index contributed by atoms with van der Waals surface area (Å²) >= 11 is 0. The first-order valence-electron chi connectivity index (χ1n) is 14.5. The van der Waals surface area contributed by atoms with Crippen LogP contribution in [0.5, 0.6) is 0 Å². The van der Waals surface area contributed by atoms with E-state index in [0.717, 1.165) is 56.7 Å². The van der Waals surface area contributed by atoms with Gasteiger partial charge in [0.1, 0.15) is 6.10 Å². The number of aliphatic hydroxyl groups is 2. The van der Waals surface area contributed by atoms with E-state index in [1.54, 1.807) is 0 Å². The van der Waals surface area contributed by atoms with E-state index >= 15 is 0 Å². The van der Waals surface area contributed by atoms with E-state index in [2.05, 4.69) is 30.4 Å². The number of carboxylic acids is 1. The molecule has 11 nitrogen and oxygen atoms in total. The molecule has 0 saturated heterocycles. The number of nitrogens with one attached hydrogen (secondary N) is 1. The number of aliphatic carboxylic acids is 1. The van der Waals surface area contributed by atoms with Crippen LogP contribution in [0.1, 0.15) is 76.9 Å². The van der Waals surface area contributed by atoms with Gasteiger partial charge in [-0.3, -0.25) is 10.0 Å². The van der Waals surface area contributed by atoms with E-state index in [9.17, 15) is 30.1 Å². The van der Waals surface area contributed by atoms with Crippen molar-refractivity contribution in [1.29, 1.82) is 0 Å². The van der Waals surface area contributed by atoms with Crippen molar-refractivity contribution in [3.8, 4) is 0 Å². The Hall–Kier alpha value is -2.99. The number of carboxylic acid groups (broad SMARTS) is 1. The number of fused-ring (bicyclic) bond motifs is 5. The van der Waals surface area contributed by atoms with Gasteiger partial charge in [0.05, 0.1) is 17.5 Å². The summed E-state index contributed by atoms with van der Waals surface area (Å²) in [6.45, 7) is 4.13. The van der Waals surface area contributed by atoms with Crippen molar-refractivity contribution in [2.75, 3.05) is 11.8 Å². The van der Waals surface area contributed by atoms with Gasteiger partial charge in [-0.05, 0) is 104 Å². The Morgan fingerprint density at radius 3 is 2.68 bits per heavy atom. The highest BCUT2D eigenvalue weighted by molar-refractivity contribution is 5.96. The lowest BCUT2D eigenvalue weighted by atomic mass is 9.47. The summed E-state index contributed by atoms with van der Waals surface area (Å²) in [6, 6.07) is 3.45. The van der Waals surface area contributed by atoms with Crippen LogP contribution in [-0.4, -0.2) is 56.9 Å². The third-order valence-corrected chi connectivity index (χ3v) is 10.6. The molecule has 0 aromatic heterocycles. The fourth-order valence-electron chi connectivity index (χ4n) is 8.30. The van der Waals surface area contributed by atoms with Crippen LogP contribution in [0.4, 0.5) is 5.69 Å². The molecule has 0 heterocycles. The maximum atomic E-state index is 12.5. The summed E-state index contributed by atoms with van der Waals surface area (Å²) < 4.78 is 0. The zero-order valence-electron chi connectivity index (χ0n) is 23.5. The summed E-state index contributed by atoms with van der Waals surface area (Å²) in [5.41, 5.74) is 2.10. The summed E-state index contributed by atoms with van der Waals surface area (Å²) in [4.78, 5) is 29.5. The summed E-state index contributed by atoms with van der Waals surface area (Å²) in [6.07, 6.45) is 8.22. The predicted octanol–water partition coefficient (Wildman–Crippen LogP) is 3.68. The Morgan fingerprint density at radius 2 is 1.95 bits per heavy atom. The zero-order valence-corrected chi connectivity index (χ0v) is 23.5. The number of hydrogen-bond donors (Lipinski definition) is 5. The number of carbonyl (C=O) groups is 2. The van der Waals surface area contributed by atoms with Gasteiger partial charge in [-0.15, -0.1) is 0 Å². The molecule has 8 atom stereocenters. The second kappa shape index (κ2) is 11.4. The van der Waals surface area contributed by atoms with Gasteiger partial charge in [-0.2, -0.15) is 0 Å². The van der Waals surface area contributed by atoms with Crippen molar-refractivity contribution in [3.63, 3.8) is 0 Å². The average Bonchev–Trinajstić information content (AvgIpc) is 3.25. The molecule has 5 N–H and O–H groups in total. The van der Waals surface area contributed by atoms with Gasteiger partial charge in [-0.1, -0.05) is 36.7 Å². The predicted molar refractivity (Wildman–Crippen MR) is 150 cm³/mol.